The molecule has 1 aromatic heterocycles. The van der Waals surface area contributed by atoms with Crippen LogP contribution in [0.25, 0.3) is 5.70 Å². The molecule has 0 saturated carbocycles. The first-order chi connectivity index (χ1) is 16.5. The SMILES string of the molecule is COc1cccc(C(=O)Nc2nc3n(n2)[C@@H](c2ccc(C)cc2)C=C(c2ccc(Cl)cc2)N3)c1. The number of carbonyl (C=O) groups excluding carboxylic acids is 1. The molecule has 170 valence electrons. The van der Waals surface area contributed by atoms with Crippen LogP contribution in [0.5, 0.6) is 5.75 Å². The first-order valence-corrected chi connectivity index (χ1v) is 11.1. The van der Waals surface area contributed by atoms with E-state index < -0.39 is 0 Å². The summed E-state index contributed by atoms with van der Waals surface area (Å²) in [6.45, 7) is 2.05. The summed E-state index contributed by atoms with van der Waals surface area (Å²) in [7, 11) is 1.56. The average molecular weight is 472 g/mol. The van der Waals surface area contributed by atoms with Crippen LogP contribution >= 0.6 is 11.6 Å². The van der Waals surface area contributed by atoms with Crippen LogP contribution in [-0.2, 0) is 0 Å². The molecule has 0 saturated heterocycles. The third kappa shape index (κ3) is 4.38. The maximum Gasteiger partial charge on any atom is 0.258 e. The largest absolute Gasteiger partial charge is 0.497 e. The number of aromatic nitrogens is 3. The lowest BCUT2D eigenvalue weighted by molar-refractivity contribution is 0.102. The van der Waals surface area contributed by atoms with Gasteiger partial charge in [0.25, 0.3) is 11.9 Å². The number of nitrogens with one attached hydrogen (secondary N) is 2. The molecule has 1 amide bonds. The smallest absolute Gasteiger partial charge is 0.258 e. The maximum absolute atomic E-state index is 12.8. The van der Waals surface area contributed by atoms with Gasteiger partial charge in [0.05, 0.1) is 7.11 Å². The van der Waals surface area contributed by atoms with Crippen LogP contribution in [0, 0.1) is 6.92 Å². The maximum atomic E-state index is 12.8. The molecule has 5 rings (SSSR count). The fraction of sp³-hybridized carbons (Fsp3) is 0.115. The number of methoxy groups -OCH3 is 1. The standard InChI is InChI=1S/C26H22ClN5O2/c1-16-6-8-18(9-7-16)23-15-22(17-10-12-20(27)13-11-17)28-26-30-25(31-32(23)26)29-24(33)19-4-3-5-21(14-19)34-2/h3-15,23H,1-2H3,(H2,28,29,30,31,33)/t23-/m1/s1. The van der Waals surface area contributed by atoms with Crippen molar-refractivity contribution in [3.63, 3.8) is 0 Å². The van der Waals surface area contributed by atoms with E-state index in [1.807, 2.05) is 31.2 Å². The second-order valence-corrected chi connectivity index (χ2v) is 8.39. The summed E-state index contributed by atoms with van der Waals surface area (Å²) in [5.41, 5.74) is 4.53. The van der Waals surface area contributed by atoms with Crippen molar-refractivity contribution in [1.29, 1.82) is 0 Å². The molecule has 1 aliphatic rings. The second kappa shape index (κ2) is 9.03. The first-order valence-electron chi connectivity index (χ1n) is 10.7. The number of hydrogen-bond donors (Lipinski definition) is 2. The predicted octanol–water partition coefficient (Wildman–Crippen LogP) is 5.56. The van der Waals surface area contributed by atoms with Crippen molar-refractivity contribution in [1.82, 2.24) is 14.8 Å². The van der Waals surface area contributed by atoms with Crippen molar-refractivity contribution < 1.29 is 9.53 Å². The molecule has 0 bridgehead atoms. The van der Waals surface area contributed by atoms with Crippen LogP contribution in [0.4, 0.5) is 11.9 Å². The van der Waals surface area contributed by atoms with E-state index in [2.05, 4.69) is 51.1 Å². The molecule has 0 radical (unpaired) electrons. The average Bonchev–Trinajstić information content (AvgIpc) is 3.26. The summed E-state index contributed by atoms with van der Waals surface area (Å²) < 4.78 is 6.98. The molecule has 0 aliphatic carbocycles. The number of allylic oxidation sites excluding steroid dienone is 1. The molecule has 0 fully saturated rings. The molecule has 0 unspecified atom stereocenters. The number of halogens is 1. The molecule has 0 spiro atoms. The summed E-state index contributed by atoms with van der Waals surface area (Å²) >= 11 is 6.08. The van der Waals surface area contributed by atoms with Gasteiger partial charge < -0.3 is 10.1 Å². The van der Waals surface area contributed by atoms with Gasteiger partial charge in [-0.1, -0.05) is 59.6 Å². The van der Waals surface area contributed by atoms with Crippen molar-refractivity contribution in [2.75, 3.05) is 17.7 Å². The van der Waals surface area contributed by atoms with Gasteiger partial charge in [-0.3, -0.25) is 10.1 Å². The number of nitrogens with zero attached hydrogens (tertiary/aromatic N) is 3. The minimum absolute atomic E-state index is 0.207. The molecule has 3 aromatic carbocycles. The van der Waals surface area contributed by atoms with E-state index >= 15 is 0 Å². The fourth-order valence-corrected chi connectivity index (χ4v) is 3.91. The summed E-state index contributed by atoms with van der Waals surface area (Å²) in [5.74, 6) is 1.01. The highest BCUT2D eigenvalue weighted by molar-refractivity contribution is 6.30. The quantitative estimate of drug-likeness (QED) is 0.398. The number of rotatable bonds is 5. The van der Waals surface area contributed by atoms with E-state index in [1.54, 1.807) is 36.1 Å². The zero-order chi connectivity index (χ0) is 23.7. The molecule has 1 aliphatic heterocycles. The Bertz CT molecular complexity index is 1380. The number of anilines is 2. The Morgan fingerprint density at radius 3 is 2.59 bits per heavy atom. The lowest BCUT2D eigenvalue weighted by Crippen LogP contribution is -2.20. The molecule has 2 N–H and O–H groups in total. The number of amides is 1. The minimum Gasteiger partial charge on any atom is -0.497 e. The van der Waals surface area contributed by atoms with Crippen molar-refractivity contribution in [2.24, 2.45) is 0 Å². The van der Waals surface area contributed by atoms with Crippen LogP contribution in [0.2, 0.25) is 5.02 Å². The van der Waals surface area contributed by atoms with Gasteiger partial charge >= 0.3 is 0 Å². The number of hydrogen-bond acceptors (Lipinski definition) is 5. The van der Waals surface area contributed by atoms with Crippen LogP contribution in [-0.4, -0.2) is 27.8 Å². The van der Waals surface area contributed by atoms with E-state index in [0.717, 1.165) is 16.8 Å². The van der Waals surface area contributed by atoms with Gasteiger partial charge in [-0.2, -0.15) is 4.98 Å². The van der Waals surface area contributed by atoms with E-state index in [0.29, 0.717) is 22.3 Å². The van der Waals surface area contributed by atoms with Crippen LogP contribution in [0.3, 0.4) is 0 Å². The lowest BCUT2D eigenvalue weighted by Gasteiger charge is -2.24. The monoisotopic (exact) mass is 471 g/mol. The Morgan fingerprint density at radius 1 is 1.09 bits per heavy atom. The van der Waals surface area contributed by atoms with Crippen LogP contribution in [0.1, 0.15) is 33.1 Å². The Labute approximate surface area is 202 Å². The predicted molar refractivity (Wildman–Crippen MR) is 133 cm³/mol. The van der Waals surface area contributed by atoms with Crippen LogP contribution < -0.4 is 15.4 Å². The Kier molecular flexibility index (Phi) is 5.77. The van der Waals surface area contributed by atoms with E-state index in [9.17, 15) is 4.79 Å². The number of carbonyl (C=O) groups is 1. The Morgan fingerprint density at radius 2 is 1.85 bits per heavy atom. The first kappa shape index (κ1) is 21.7. The lowest BCUT2D eigenvalue weighted by atomic mass is 10.0. The third-order valence-corrected chi connectivity index (χ3v) is 5.85. The van der Waals surface area contributed by atoms with Gasteiger partial charge in [-0.05, 0) is 54.5 Å². The van der Waals surface area contributed by atoms with E-state index in [1.165, 1.54) is 5.56 Å². The zero-order valence-electron chi connectivity index (χ0n) is 18.6. The van der Waals surface area contributed by atoms with Gasteiger partial charge in [0.2, 0.25) is 5.95 Å². The van der Waals surface area contributed by atoms with Crippen molar-refractivity contribution >= 4 is 35.1 Å². The van der Waals surface area contributed by atoms with Gasteiger partial charge in [0.15, 0.2) is 0 Å². The van der Waals surface area contributed by atoms with E-state index in [-0.39, 0.29) is 17.9 Å². The highest BCUT2D eigenvalue weighted by atomic mass is 35.5. The molecule has 7 nitrogen and oxygen atoms in total. The topological polar surface area (TPSA) is 81.1 Å². The summed E-state index contributed by atoms with van der Waals surface area (Å²) in [6.07, 6.45) is 2.09. The number of benzene rings is 3. The molecule has 4 aromatic rings. The molecular weight excluding hydrogens is 450 g/mol. The number of ether oxygens (including phenoxy) is 1. The Balaban J connectivity index is 1.49. The summed E-state index contributed by atoms with van der Waals surface area (Å²) in [6, 6.07) is 22.6. The van der Waals surface area contributed by atoms with Gasteiger partial charge in [0, 0.05) is 16.3 Å². The Hall–Kier alpha value is -4.10. The molecule has 1 atom stereocenters. The second-order valence-electron chi connectivity index (χ2n) is 7.96. The molecule has 2 heterocycles. The van der Waals surface area contributed by atoms with Gasteiger partial charge in [-0.25, -0.2) is 4.68 Å². The summed E-state index contributed by atoms with van der Waals surface area (Å²) in [5, 5.41) is 11.4. The normalized spacial score (nSPS) is 14.6. The molecule has 8 heteroatoms. The van der Waals surface area contributed by atoms with Crippen LogP contribution in [0.15, 0.2) is 78.9 Å². The fourth-order valence-electron chi connectivity index (χ4n) is 3.78. The summed E-state index contributed by atoms with van der Waals surface area (Å²) in [4.78, 5) is 17.4. The number of fused-ring (bicyclic) bond motifs is 1. The minimum atomic E-state index is -0.320. The van der Waals surface area contributed by atoms with Gasteiger partial charge in [-0.15, -0.1) is 5.10 Å². The van der Waals surface area contributed by atoms with Crippen molar-refractivity contribution in [3.8, 4) is 5.75 Å². The number of aryl methyl sites for hydroxylation is 1. The van der Waals surface area contributed by atoms with E-state index in [4.69, 9.17) is 16.3 Å². The molecule has 34 heavy (non-hydrogen) atoms. The van der Waals surface area contributed by atoms with Crippen molar-refractivity contribution in [3.05, 3.63) is 106 Å². The zero-order valence-corrected chi connectivity index (χ0v) is 19.4. The molecular formula is C26H22ClN5O2. The highest BCUT2D eigenvalue weighted by Gasteiger charge is 2.26. The third-order valence-electron chi connectivity index (χ3n) is 5.60. The highest BCUT2D eigenvalue weighted by Crippen LogP contribution is 2.33. The van der Waals surface area contributed by atoms with Gasteiger partial charge in [0.1, 0.15) is 11.8 Å². The van der Waals surface area contributed by atoms with Crippen molar-refractivity contribution in [2.45, 2.75) is 13.0 Å².